The summed E-state index contributed by atoms with van der Waals surface area (Å²) in [6.07, 6.45) is 1.05. The highest BCUT2D eigenvalue weighted by Crippen LogP contribution is 2.25. The minimum atomic E-state index is -0.370. The molecule has 3 fully saturated rings. The average molecular weight is 671 g/mol. The number of nitrogens with zero attached hydrogens (tertiary/aromatic N) is 8. The lowest BCUT2D eigenvalue weighted by Crippen LogP contribution is -2.50. The van der Waals surface area contributed by atoms with Gasteiger partial charge in [-0.15, -0.1) is 0 Å². The molecular formula is C36H50N10O3. The van der Waals surface area contributed by atoms with E-state index in [1.165, 1.54) is 0 Å². The van der Waals surface area contributed by atoms with Gasteiger partial charge in [-0.3, -0.25) is 14.6 Å². The minimum absolute atomic E-state index is 0.0195. The highest BCUT2D eigenvalue weighted by molar-refractivity contribution is 6.00. The van der Waals surface area contributed by atoms with Crippen molar-refractivity contribution < 1.29 is 14.3 Å². The van der Waals surface area contributed by atoms with Crippen molar-refractivity contribution in [2.45, 2.75) is 46.2 Å². The van der Waals surface area contributed by atoms with Gasteiger partial charge in [-0.05, 0) is 82.6 Å². The number of piperazine rings is 1. The van der Waals surface area contributed by atoms with Crippen molar-refractivity contribution in [3.8, 4) is 11.4 Å². The maximum absolute atomic E-state index is 13.0. The first kappa shape index (κ1) is 34.5. The molecule has 1 aromatic heterocycles. The van der Waals surface area contributed by atoms with Gasteiger partial charge in [0.2, 0.25) is 11.9 Å². The summed E-state index contributed by atoms with van der Waals surface area (Å²) < 4.78 is 5.58. The predicted molar refractivity (Wildman–Crippen MR) is 194 cm³/mol. The van der Waals surface area contributed by atoms with Crippen molar-refractivity contribution in [1.82, 2.24) is 29.7 Å². The van der Waals surface area contributed by atoms with Crippen molar-refractivity contribution in [1.29, 1.82) is 0 Å². The molecule has 3 saturated heterocycles. The number of hydrogen-bond acceptors (Lipinski definition) is 10. The van der Waals surface area contributed by atoms with Gasteiger partial charge in [0, 0.05) is 100 Å². The van der Waals surface area contributed by atoms with Gasteiger partial charge in [-0.25, -0.2) is 4.79 Å². The summed E-state index contributed by atoms with van der Waals surface area (Å²) >= 11 is 0. The number of hydrogen-bond donors (Lipinski definition) is 2. The molecule has 0 unspecified atom stereocenters. The molecule has 0 atom stereocenters. The third kappa shape index (κ3) is 8.83. The molecule has 0 saturated carbocycles. The van der Waals surface area contributed by atoms with Crippen LogP contribution in [0, 0.1) is 0 Å². The highest BCUT2D eigenvalue weighted by atomic mass is 16.5. The Balaban J connectivity index is 1.09. The number of nitrogens with one attached hydrogen (secondary N) is 2. The Labute approximate surface area is 289 Å². The molecule has 3 aliphatic rings. The third-order valence-corrected chi connectivity index (χ3v) is 9.57. The van der Waals surface area contributed by atoms with Crippen molar-refractivity contribution in [3.63, 3.8) is 0 Å². The summed E-state index contributed by atoms with van der Waals surface area (Å²) in [5.74, 6) is 1.98. The number of carbonyl (C=O) groups is 2. The first-order chi connectivity index (χ1) is 23.7. The van der Waals surface area contributed by atoms with Crippen LogP contribution in [0.2, 0.25) is 0 Å². The van der Waals surface area contributed by atoms with Crippen LogP contribution in [0.15, 0.2) is 48.5 Å². The van der Waals surface area contributed by atoms with Crippen LogP contribution in [0.1, 0.15) is 44.5 Å². The normalized spacial score (nSPS) is 18.1. The van der Waals surface area contributed by atoms with Gasteiger partial charge in [-0.2, -0.15) is 15.0 Å². The molecule has 262 valence electrons. The van der Waals surface area contributed by atoms with E-state index >= 15 is 0 Å². The van der Waals surface area contributed by atoms with Gasteiger partial charge in [0.25, 0.3) is 5.91 Å². The first-order valence-corrected chi connectivity index (χ1v) is 17.6. The largest absolute Gasteiger partial charge is 0.378 e. The maximum Gasteiger partial charge on any atom is 0.323 e. The Kier molecular flexibility index (Phi) is 11.2. The summed E-state index contributed by atoms with van der Waals surface area (Å²) in [7, 11) is 0. The van der Waals surface area contributed by atoms with Crippen molar-refractivity contribution in [3.05, 3.63) is 54.1 Å². The second kappa shape index (κ2) is 15.9. The minimum Gasteiger partial charge on any atom is -0.378 e. The second-order valence-corrected chi connectivity index (χ2v) is 13.5. The van der Waals surface area contributed by atoms with Gasteiger partial charge in [0.1, 0.15) is 0 Å². The molecule has 3 amide bonds. The van der Waals surface area contributed by atoms with Crippen LogP contribution < -0.4 is 20.4 Å². The van der Waals surface area contributed by atoms with Crippen molar-refractivity contribution >= 4 is 35.2 Å². The van der Waals surface area contributed by atoms with Crippen molar-refractivity contribution in [2.75, 3.05) is 99.1 Å². The van der Waals surface area contributed by atoms with Crippen LogP contribution in [-0.2, 0) is 4.74 Å². The van der Waals surface area contributed by atoms with E-state index < -0.39 is 0 Å². The summed E-state index contributed by atoms with van der Waals surface area (Å²) in [6, 6.07) is 15.2. The molecule has 49 heavy (non-hydrogen) atoms. The molecule has 2 N–H and O–H groups in total. The molecule has 6 rings (SSSR count). The number of ether oxygens (including phenoxy) is 1. The number of anilines is 4. The number of amides is 3. The average Bonchev–Trinajstić information content (AvgIpc) is 3.39. The van der Waals surface area contributed by atoms with Gasteiger partial charge in [-0.1, -0.05) is 0 Å². The van der Waals surface area contributed by atoms with E-state index in [4.69, 9.17) is 19.7 Å². The van der Waals surface area contributed by atoms with Gasteiger partial charge < -0.3 is 30.1 Å². The van der Waals surface area contributed by atoms with E-state index in [0.717, 1.165) is 77.4 Å². The number of aromatic nitrogens is 3. The molecule has 0 radical (unpaired) electrons. The van der Waals surface area contributed by atoms with Gasteiger partial charge in [0.05, 0.1) is 13.2 Å². The molecule has 0 bridgehead atoms. The lowest BCUT2D eigenvalue weighted by atomic mass is 10.1. The Morgan fingerprint density at radius 2 is 1.16 bits per heavy atom. The zero-order valence-electron chi connectivity index (χ0n) is 29.3. The topological polar surface area (TPSA) is 122 Å². The van der Waals surface area contributed by atoms with Gasteiger partial charge in [0.15, 0.2) is 5.82 Å². The maximum atomic E-state index is 13.0. The fourth-order valence-corrected chi connectivity index (χ4v) is 6.50. The second-order valence-electron chi connectivity index (χ2n) is 13.5. The molecule has 13 heteroatoms. The molecule has 3 aromatic rings. The molecule has 0 spiro atoms. The van der Waals surface area contributed by atoms with E-state index in [-0.39, 0.29) is 11.9 Å². The van der Waals surface area contributed by atoms with E-state index in [2.05, 4.69) is 57.9 Å². The first-order valence-electron chi connectivity index (χ1n) is 17.6. The lowest BCUT2D eigenvalue weighted by molar-refractivity contribution is 0.0595. The monoisotopic (exact) mass is 670 g/mol. The number of morpholine rings is 1. The van der Waals surface area contributed by atoms with E-state index in [9.17, 15) is 9.59 Å². The number of carbonyl (C=O) groups excluding carboxylic acids is 2. The van der Waals surface area contributed by atoms with Crippen LogP contribution in [0.25, 0.3) is 11.4 Å². The molecule has 2 aromatic carbocycles. The van der Waals surface area contributed by atoms with Crippen LogP contribution in [0.5, 0.6) is 0 Å². The summed E-state index contributed by atoms with van der Waals surface area (Å²) in [5.41, 5.74) is 2.70. The smallest absolute Gasteiger partial charge is 0.323 e. The number of benzene rings is 2. The third-order valence-electron chi connectivity index (χ3n) is 9.57. The Hall–Kier alpha value is -4.33. The highest BCUT2D eigenvalue weighted by Gasteiger charge is 2.25. The van der Waals surface area contributed by atoms with Crippen LogP contribution in [0.4, 0.5) is 28.1 Å². The Morgan fingerprint density at radius 3 is 1.76 bits per heavy atom. The zero-order valence-corrected chi connectivity index (χ0v) is 29.3. The van der Waals surface area contributed by atoms with Crippen LogP contribution in [0.3, 0.4) is 0 Å². The van der Waals surface area contributed by atoms with Crippen molar-refractivity contribution in [2.24, 2.45) is 0 Å². The molecule has 4 heterocycles. The lowest BCUT2D eigenvalue weighted by Gasteiger charge is -2.37. The molecule has 3 aliphatic heterocycles. The Morgan fingerprint density at radius 1 is 0.633 bits per heavy atom. The summed E-state index contributed by atoms with van der Waals surface area (Å²) in [4.78, 5) is 51.8. The summed E-state index contributed by atoms with van der Waals surface area (Å²) in [5, 5.41) is 5.76. The number of rotatable bonds is 8. The van der Waals surface area contributed by atoms with E-state index in [1.807, 2.05) is 29.2 Å². The van der Waals surface area contributed by atoms with Crippen LogP contribution in [-0.4, -0.2) is 132 Å². The number of urea groups is 1. The molecule has 13 nitrogen and oxygen atoms in total. The quantitative estimate of drug-likeness (QED) is 0.362. The van der Waals surface area contributed by atoms with E-state index in [0.29, 0.717) is 60.0 Å². The zero-order chi connectivity index (χ0) is 34.3. The van der Waals surface area contributed by atoms with Crippen LogP contribution >= 0.6 is 0 Å². The molecular weight excluding hydrogens is 620 g/mol. The fourth-order valence-electron chi connectivity index (χ4n) is 6.50. The summed E-state index contributed by atoms with van der Waals surface area (Å²) in [6.45, 7) is 18.6. The van der Waals surface area contributed by atoms with Gasteiger partial charge >= 0.3 is 6.03 Å². The molecule has 0 aliphatic carbocycles. The Bertz CT molecular complexity index is 1550. The van der Waals surface area contributed by atoms with E-state index in [1.54, 1.807) is 24.3 Å². The standard InChI is InChI=1S/C36H50N10O3/c1-26(2)42-14-5-15-45(21-18-42)34-39-32(40-35(41-34)46-22-24-49-25-23-46)28-6-10-30(11-7-28)37-36(48)38-31-12-8-29(9-13-31)33(47)44-19-16-43(17-20-44)27(3)4/h6-13,26-27H,5,14-25H2,1-4H3,(H2,37,38,48). The fraction of sp³-hybridized carbons (Fsp3) is 0.528. The predicted octanol–water partition coefficient (Wildman–Crippen LogP) is 4.11. The SMILES string of the molecule is CC(C)N1CCN(C(=O)c2ccc(NC(=O)Nc3ccc(-c4nc(N5CCOCC5)nc(N5CCCN(C(C)C)CC5)n4)cc3)cc2)CC1.